The van der Waals surface area contributed by atoms with E-state index in [1.165, 1.54) is 25.1 Å². The van der Waals surface area contributed by atoms with E-state index >= 15 is 0 Å². The minimum Gasteiger partial charge on any atom is -0.463 e. The van der Waals surface area contributed by atoms with Gasteiger partial charge in [-0.2, -0.15) is 0 Å². The van der Waals surface area contributed by atoms with Crippen molar-refractivity contribution in [2.75, 3.05) is 18.6 Å². The lowest BCUT2D eigenvalue weighted by Gasteiger charge is -2.01. The molecule has 1 heterocycles. The number of hydrogen-bond acceptors (Lipinski definition) is 7. The first-order chi connectivity index (χ1) is 7.92. The van der Waals surface area contributed by atoms with Crippen LogP contribution in [0.1, 0.15) is 10.6 Å². The lowest BCUT2D eigenvalue weighted by Crippen LogP contribution is -2.07. The molecule has 0 N–H and O–H groups in total. The largest absolute Gasteiger partial charge is 0.463 e. The van der Waals surface area contributed by atoms with Gasteiger partial charge in [-0.25, -0.2) is 23.2 Å². The first-order valence-corrected chi connectivity index (χ1v) is 7.85. The number of esters is 1. The second kappa shape index (κ2) is 6.18. The number of nitrogens with zero attached hydrogens (tertiary/aromatic N) is 2. The maximum Gasteiger partial charge on any atom is 0.376 e. The van der Waals surface area contributed by atoms with Crippen molar-refractivity contribution < 1.29 is 17.9 Å². The first kappa shape index (κ1) is 14.2. The van der Waals surface area contributed by atoms with Crippen LogP contribution in [0.3, 0.4) is 0 Å². The van der Waals surface area contributed by atoms with Crippen LogP contribution in [0.4, 0.5) is 0 Å². The van der Waals surface area contributed by atoms with Crippen molar-refractivity contribution >= 4 is 37.5 Å². The minimum absolute atomic E-state index is 0.0637. The van der Waals surface area contributed by atoms with Crippen LogP contribution in [0.5, 0.6) is 0 Å². The zero-order chi connectivity index (χ0) is 12.9. The summed E-state index contributed by atoms with van der Waals surface area (Å²) >= 11 is 1.17. The van der Waals surface area contributed by atoms with E-state index in [9.17, 15) is 13.2 Å². The maximum atomic E-state index is 11.1. The molecule has 0 aliphatic heterocycles. The van der Waals surface area contributed by atoms with Crippen LogP contribution in [-0.2, 0) is 13.8 Å². The second-order valence-electron chi connectivity index (χ2n) is 2.80. The molecule has 0 unspecified atom stereocenters. The Labute approximate surface area is 107 Å². The molecule has 0 bridgehead atoms. The summed E-state index contributed by atoms with van der Waals surface area (Å²) in [6, 6.07) is 1.57. The molecule has 17 heavy (non-hydrogen) atoms. The first-order valence-electron chi connectivity index (χ1n) is 4.39. The number of halogens is 1. The quantitative estimate of drug-likeness (QED) is 0.346. The van der Waals surface area contributed by atoms with Gasteiger partial charge in [-0.1, -0.05) is 0 Å². The molecule has 0 fully saturated rings. The van der Waals surface area contributed by atoms with Gasteiger partial charge in [0.1, 0.15) is 5.03 Å². The smallest absolute Gasteiger partial charge is 0.376 e. The Morgan fingerprint density at radius 3 is 2.88 bits per heavy atom. The summed E-state index contributed by atoms with van der Waals surface area (Å²) in [4.78, 5) is 18.8. The number of hydrogen-bond donors (Lipinski definition) is 0. The fourth-order valence-electron chi connectivity index (χ4n) is 0.858. The zero-order valence-corrected chi connectivity index (χ0v) is 11.2. The number of thioether (sulfide) groups is 1. The van der Waals surface area contributed by atoms with Gasteiger partial charge in [-0.05, 0) is 6.07 Å². The summed E-state index contributed by atoms with van der Waals surface area (Å²) in [7, 11) is 2.77. The molecular weight excluding hydrogens is 288 g/mol. The fraction of sp³-hybridized carbons (Fsp3) is 0.375. The van der Waals surface area contributed by atoms with Gasteiger partial charge < -0.3 is 4.74 Å². The number of ether oxygens (including phenoxy) is 1. The molecule has 0 saturated heterocycles. The van der Waals surface area contributed by atoms with Gasteiger partial charge in [0.15, 0.2) is 0 Å². The number of methoxy groups -OCH3 is 1. The Balaban J connectivity index is 2.63. The van der Waals surface area contributed by atoms with Gasteiger partial charge in [0, 0.05) is 22.6 Å². The van der Waals surface area contributed by atoms with E-state index in [0.29, 0.717) is 5.03 Å². The lowest BCUT2D eigenvalue weighted by atomic mass is 10.5. The topological polar surface area (TPSA) is 86.2 Å². The summed E-state index contributed by atoms with van der Waals surface area (Å²) in [5.74, 6) is -0.621. The molecule has 0 radical (unpaired) electrons. The highest BCUT2D eigenvalue weighted by atomic mass is 35.7. The van der Waals surface area contributed by atoms with Gasteiger partial charge >= 0.3 is 5.97 Å². The third-order valence-corrected chi connectivity index (χ3v) is 3.92. The number of aromatic nitrogens is 2. The van der Waals surface area contributed by atoms with Crippen molar-refractivity contribution in [3.05, 3.63) is 18.1 Å². The van der Waals surface area contributed by atoms with Gasteiger partial charge in [0.2, 0.25) is 14.9 Å². The molecule has 0 amide bonds. The van der Waals surface area contributed by atoms with Crippen molar-refractivity contribution in [2.45, 2.75) is 5.03 Å². The van der Waals surface area contributed by atoms with Gasteiger partial charge in [0.05, 0.1) is 12.9 Å². The van der Waals surface area contributed by atoms with Crippen LogP contribution in [0.15, 0.2) is 17.3 Å². The van der Waals surface area contributed by atoms with Crippen LogP contribution in [-0.4, -0.2) is 43.0 Å². The van der Waals surface area contributed by atoms with Crippen molar-refractivity contribution in [3.8, 4) is 0 Å². The molecular formula is C8H9ClN2O4S2. The molecule has 94 valence electrons. The predicted molar refractivity (Wildman–Crippen MR) is 63.7 cm³/mol. The van der Waals surface area contributed by atoms with Crippen molar-refractivity contribution in [1.29, 1.82) is 0 Å². The fourth-order valence-corrected chi connectivity index (χ4v) is 3.07. The Morgan fingerprint density at radius 2 is 2.29 bits per heavy atom. The molecule has 1 aromatic rings. The predicted octanol–water partition coefficient (Wildman–Crippen LogP) is 0.924. The summed E-state index contributed by atoms with van der Waals surface area (Å²) < 4.78 is 25.8. The second-order valence-corrected chi connectivity index (χ2v) is 6.81. The summed E-state index contributed by atoms with van der Waals surface area (Å²) in [5, 5.41) is 0.487. The molecule has 0 aliphatic carbocycles. The third-order valence-electron chi connectivity index (χ3n) is 1.58. The average molecular weight is 297 g/mol. The monoisotopic (exact) mass is 296 g/mol. The molecule has 6 nitrogen and oxygen atoms in total. The maximum absolute atomic E-state index is 11.1. The van der Waals surface area contributed by atoms with E-state index in [1.807, 2.05) is 0 Å². The number of rotatable bonds is 5. The van der Waals surface area contributed by atoms with Gasteiger partial charge in [0.25, 0.3) is 0 Å². The Kier molecular flexibility index (Phi) is 5.16. The van der Waals surface area contributed by atoms with Crippen LogP contribution in [0.2, 0.25) is 0 Å². The van der Waals surface area contributed by atoms with E-state index < -0.39 is 15.0 Å². The highest BCUT2D eigenvalue weighted by Gasteiger charge is 2.10. The van der Waals surface area contributed by atoms with Crippen molar-refractivity contribution in [3.63, 3.8) is 0 Å². The Hall–Kier alpha value is -0.860. The van der Waals surface area contributed by atoms with Crippen LogP contribution >= 0.6 is 22.4 Å². The molecule has 0 spiro atoms. The normalized spacial score (nSPS) is 11.2. The van der Waals surface area contributed by atoms with E-state index in [0.717, 1.165) is 0 Å². The molecule has 0 atom stereocenters. The summed E-state index contributed by atoms with van der Waals surface area (Å²) in [5.41, 5.74) is 0. The third kappa shape index (κ3) is 5.33. The molecule has 0 saturated carbocycles. The Morgan fingerprint density at radius 1 is 1.59 bits per heavy atom. The van der Waals surface area contributed by atoms with Gasteiger partial charge in [-0.3, -0.25) is 0 Å². The van der Waals surface area contributed by atoms with Crippen LogP contribution < -0.4 is 0 Å². The summed E-state index contributed by atoms with van der Waals surface area (Å²) in [6.07, 6.45) is 1.40. The van der Waals surface area contributed by atoms with Gasteiger partial charge in [-0.15, -0.1) is 11.8 Å². The standard InChI is InChI=1S/C8H9ClN2O4S2/c1-15-8(12)7-10-3-2-6(11-7)16-4-5-17(9,13)14/h2-3H,4-5H2,1H3. The SMILES string of the molecule is COC(=O)c1nccc(SCCS(=O)(=O)Cl)n1. The Bertz CT molecular complexity index is 506. The average Bonchev–Trinajstić information content (AvgIpc) is 2.27. The van der Waals surface area contributed by atoms with Crippen molar-refractivity contribution in [1.82, 2.24) is 9.97 Å². The van der Waals surface area contributed by atoms with Crippen LogP contribution in [0, 0.1) is 0 Å². The minimum atomic E-state index is -3.51. The number of carbonyl (C=O) groups excluding carboxylic acids is 1. The lowest BCUT2D eigenvalue weighted by molar-refractivity contribution is 0.0585. The van der Waals surface area contributed by atoms with E-state index in [1.54, 1.807) is 6.07 Å². The van der Waals surface area contributed by atoms with Crippen LogP contribution in [0.25, 0.3) is 0 Å². The van der Waals surface area contributed by atoms with Crippen molar-refractivity contribution in [2.24, 2.45) is 0 Å². The molecule has 1 aromatic heterocycles. The molecule has 0 aromatic carbocycles. The van der Waals surface area contributed by atoms with E-state index in [4.69, 9.17) is 10.7 Å². The van der Waals surface area contributed by atoms with E-state index in [-0.39, 0.29) is 17.3 Å². The molecule has 1 rings (SSSR count). The van der Waals surface area contributed by atoms with E-state index in [2.05, 4.69) is 14.7 Å². The molecule has 9 heteroatoms. The zero-order valence-electron chi connectivity index (χ0n) is 8.79. The highest BCUT2D eigenvalue weighted by molar-refractivity contribution is 8.14. The number of carbonyl (C=O) groups is 1. The summed E-state index contributed by atoms with van der Waals surface area (Å²) in [6.45, 7) is 0. The molecule has 0 aliphatic rings. The highest BCUT2D eigenvalue weighted by Crippen LogP contribution is 2.15.